The van der Waals surface area contributed by atoms with Crippen LogP contribution in [0.5, 0.6) is 0 Å². The van der Waals surface area contributed by atoms with E-state index in [0.29, 0.717) is 18.4 Å². The third-order valence-corrected chi connectivity index (χ3v) is 3.27. The molecule has 0 aliphatic heterocycles. The Morgan fingerprint density at radius 2 is 2.00 bits per heavy atom. The van der Waals surface area contributed by atoms with E-state index in [1.807, 2.05) is 31.3 Å². The SMILES string of the molecule is CC(C)Cc1nc(CN(C)Cc2ccccc2Cl)no1. The van der Waals surface area contributed by atoms with Crippen LogP contribution >= 0.6 is 11.6 Å². The first kappa shape index (κ1) is 15.0. The van der Waals surface area contributed by atoms with Crippen molar-refractivity contribution in [3.63, 3.8) is 0 Å². The van der Waals surface area contributed by atoms with Gasteiger partial charge in [0, 0.05) is 18.0 Å². The van der Waals surface area contributed by atoms with Gasteiger partial charge >= 0.3 is 0 Å². The zero-order valence-corrected chi connectivity index (χ0v) is 12.9. The summed E-state index contributed by atoms with van der Waals surface area (Å²) in [6.45, 7) is 5.67. The first-order chi connectivity index (χ1) is 9.54. The van der Waals surface area contributed by atoms with Crippen molar-refractivity contribution < 1.29 is 4.52 Å². The quantitative estimate of drug-likeness (QED) is 0.817. The van der Waals surface area contributed by atoms with Gasteiger partial charge in [-0.3, -0.25) is 4.90 Å². The Balaban J connectivity index is 1.93. The van der Waals surface area contributed by atoms with Gasteiger partial charge in [-0.1, -0.05) is 48.8 Å². The molecule has 0 amide bonds. The minimum atomic E-state index is 0.518. The maximum absolute atomic E-state index is 6.16. The summed E-state index contributed by atoms with van der Waals surface area (Å²) < 4.78 is 5.24. The lowest BCUT2D eigenvalue weighted by atomic mass is 10.1. The summed E-state index contributed by atoms with van der Waals surface area (Å²) in [7, 11) is 2.02. The lowest BCUT2D eigenvalue weighted by molar-refractivity contribution is 0.299. The first-order valence-electron chi connectivity index (χ1n) is 6.78. The average Bonchev–Trinajstić information content (AvgIpc) is 2.78. The summed E-state index contributed by atoms with van der Waals surface area (Å²) >= 11 is 6.16. The monoisotopic (exact) mass is 293 g/mol. The van der Waals surface area contributed by atoms with Crippen molar-refractivity contribution in [3.05, 3.63) is 46.6 Å². The number of halogens is 1. The number of aromatic nitrogens is 2. The summed E-state index contributed by atoms with van der Waals surface area (Å²) in [5.41, 5.74) is 1.10. The number of hydrogen-bond donors (Lipinski definition) is 0. The van der Waals surface area contributed by atoms with Crippen molar-refractivity contribution >= 4 is 11.6 Å². The van der Waals surface area contributed by atoms with Crippen LogP contribution in [0, 0.1) is 5.92 Å². The summed E-state index contributed by atoms with van der Waals surface area (Å²) in [4.78, 5) is 6.52. The maximum Gasteiger partial charge on any atom is 0.226 e. The lowest BCUT2D eigenvalue weighted by Crippen LogP contribution is -2.18. The zero-order valence-electron chi connectivity index (χ0n) is 12.1. The van der Waals surface area contributed by atoms with E-state index >= 15 is 0 Å². The molecule has 0 N–H and O–H groups in total. The highest BCUT2D eigenvalue weighted by Crippen LogP contribution is 2.17. The number of hydrogen-bond acceptors (Lipinski definition) is 4. The molecule has 0 saturated carbocycles. The van der Waals surface area contributed by atoms with Crippen LogP contribution in [0.1, 0.15) is 31.1 Å². The fourth-order valence-corrected chi connectivity index (χ4v) is 2.20. The van der Waals surface area contributed by atoms with Crippen LogP contribution in [-0.4, -0.2) is 22.1 Å². The van der Waals surface area contributed by atoms with Gasteiger partial charge in [0.25, 0.3) is 0 Å². The predicted molar refractivity (Wildman–Crippen MR) is 79.5 cm³/mol. The minimum absolute atomic E-state index is 0.518. The van der Waals surface area contributed by atoms with Crippen LogP contribution in [0.3, 0.4) is 0 Å². The Bertz CT molecular complexity index is 554. The van der Waals surface area contributed by atoms with E-state index in [4.69, 9.17) is 16.1 Å². The molecule has 0 bridgehead atoms. The highest BCUT2D eigenvalue weighted by atomic mass is 35.5. The Morgan fingerprint density at radius 3 is 2.70 bits per heavy atom. The molecular formula is C15H20ClN3O. The van der Waals surface area contributed by atoms with E-state index in [1.165, 1.54) is 0 Å². The Hall–Kier alpha value is -1.39. The average molecular weight is 294 g/mol. The molecule has 0 atom stereocenters. The third kappa shape index (κ3) is 4.32. The van der Waals surface area contributed by atoms with E-state index in [9.17, 15) is 0 Å². The van der Waals surface area contributed by atoms with Gasteiger partial charge in [-0.25, -0.2) is 0 Å². The van der Waals surface area contributed by atoms with Gasteiger partial charge in [0.15, 0.2) is 5.82 Å². The normalized spacial score (nSPS) is 11.5. The van der Waals surface area contributed by atoms with Crippen LogP contribution in [0.2, 0.25) is 5.02 Å². The predicted octanol–water partition coefficient (Wildman–Crippen LogP) is 3.55. The molecule has 108 valence electrons. The van der Waals surface area contributed by atoms with Gasteiger partial charge in [-0.05, 0) is 24.6 Å². The van der Waals surface area contributed by atoms with Crippen molar-refractivity contribution in [2.24, 2.45) is 5.92 Å². The van der Waals surface area contributed by atoms with Crippen molar-refractivity contribution in [3.8, 4) is 0 Å². The molecular weight excluding hydrogens is 274 g/mol. The van der Waals surface area contributed by atoms with Crippen molar-refractivity contribution in [2.45, 2.75) is 33.4 Å². The lowest BCUT2D eigenvalue weighted by Gasteiger charge is -2.15. The fraction of sp³-hybridized carbons (Fsp3) is 0.467. The van der Waals surface area contributed by atoms with Gasteiger partial charge in [0.05, 0.1) is 6.54 Å². The maximum atomic E-state index is 6.16. The Morgan fingerprint density at radius 1 is 1.25 bits per heavy atom. The van der Waals surface area contributed by atoms with Crippen LogP contribution in [0.15, 0.2) is 28.8 Å². The van der Waals surface area contributed by atoms with E-state index in [2.05, 4.69) is 28.9 Å². The van der Waals surface area contributed by atoms with Crippen LogP contribution in [0.25, 0.3) is 0 Å². The van der Waals surface area contributed by atoms with Crippen LogP contribution in [-0.2, 0) is 19.5 Å². The molecule has 5 heteroatoms. The second-order valence-electron chi connectivity index (χ2n) is 5.47. The highest BCUT2D eigenvalue weighted by molar-refractivity contribution is 6.31. The molecule has 1 aromatic heterocycles. The van der Waals surface area contributed by atoms with Gasteiger partial charge in [0.1, 0.15) is 0 Å². The summed E-state index contributed by atoms with van der Waals surface area (Å²) in [6.07, 6.45) is 0.821. The molecule has 0 spiro atoms. The third-order valence-electron chi connectivity index (χ3n) is 2.90. The summed E-state index contributed by atoms with van der Waals surface area (Å²) in [6, 6.07) is 7.85. The minimum Gasteiger partial charge on any atom is -0.339 e. The molecule has 2 aromatic rings. The van der Waals surface area contributed by atoms with Crippen molar-refractivity contribution in [2.75, 3.05) is 7.05 Å². The molecule has 4 nitrogen and oxygen atoms in total. The largest absolute Gasteiger partial charge is 0.339 e. The number of nitrogens with zero attached hydrogens (tertiary/aromatic N) is 3. The van der Waals surface area contributed by atoms with E-state index < -0.39 is 0 Å². The molecule has 0 radical (unpaired) electrons. The zero-order chi connectivity index (χ0) is 14.5. The van der Waals surface area contributed by atoms with Gasteiger partial charge < -0.3 is 4.52 Å². The fourth-order valence-electron chi connectivity index (χ4n) is 2.00. The highest BCUT2D eigenvalue weighted by Gasteiger charge is 2.11. The van der Waals surface area contributed by atoms with Crippen molar-refractivity contribution in [1.82, 2.24) is 15.0 Å². The van der Waals surface area contributed by atoms with Gasteiger partial charge in [-0.2, -0.15) is 4.98 Å². The summed E-state index contributed by atoms with van der Waals surface area (Å²) in [5, 5.41) is 4.80. The van der Waals surface area contributed by atoms with Crippen LogP contribution in [0.4, 0.5) is 0 Å². The molecule has 20 heavy (non-hydrogen) atoms. The van der Waals surface area contributed by atoms with E-state index in [-0.39, 0.29) is 0 Å². The number of benzene rings is 1. The Kier molecular flexibility index (Phi) is 5.15. The molecule has 1 aromatic carbocycles. The topological polar surface area (TPSA) is 42.2 Å². The van der Waals surface area contributed by atoms with Crippen molar-refractivity contribution in [1.29, 1.82) is 0 Å². The van der Waals surface area contributed by atoms with E-state index in [0.717, 1.165) is 29.4 Å². The molecule has 1 heterocycles. The summed E-state index contributed by atoms with van der Waals surface area (Å²) in [5.74, 6) is 1.94. The molecule has 0 saturated heterocycles. The number of rotatable bonds is 6. The second kappa shape index (κ2) is 6.86. The smallest absolute Gasteiger partial charge is 0.226 e. The van der Waals surface area contributed by atoms with Gasteiger partial charge in [0.2, 0.25) is 5.89 Å². The second-order valence-corrected chi connectivity index (χ2v) is 5.87. The van der Waals surface area contributed by atoms with Gasteiger partial charge in [-0.15, -0.1) is 0 Å². The Labute approximate surface area is 124 Å². The van der Waals surface area contributed by atoms with Crippen LogP contribution < -0.4 is 0 Å². The molecule has 0 aliphatic carbocycles. The molecule has 0 unspecified atom stereocenters. The molecule has 0 aliphatic rings. The first-order valence-corrected chi connectivity index (χ1v) is 7.16. The van der Waals surface area contributed by atoms with E-state index in [1.54, 1.807) is 0 Å². The molecule has 0 fully saturated rings. The standard InChI is InChI=1S/C15H20ClN3O/c1-11(2)8-15-17-14(18-20-15)10-19(3)9-12-6-4-5-7-13(12)16/h4-7,11H,8-10H2,1-3H3. The molecule has 2 rings (SSSR count).